The molecule has 1 aliphatic heterocycles. The van der Waals surface area contributed by atoms with E-state index >= 15 is 0 Å². The predicted octanol–water partition coefficient (Wildman–Crippen LogP) is 11.1. The summed E-state index contributed by atoms with van der Waals surface area (Å²) in [6.07, 6.45) is 45.0. The van der Waals surface area contributed by atoms with Crippen molar-refractivity contribution in [3.8, 4) is 0 Å². The van der Waals surface area contributed by atoms with Crippen LogP contribution in [0.3, 0.4) is 0 Å². The quantitative estimate of drug-likeness (QED) is 0.0197. The van der Waals surface area contributed by atoms with E-state index in [0.29, 0.717) is 13.0 Å². The summed E-state index contributed by atoms with van der Waals surface area (Å²) in [4.78, 5) is 12.9. The molecule has 0 radical (unpaired) electrons. The van der Waals surface area contributed by atoms with Gasteiger partial charge in [0.15, 0.2) is 6.29 Å². The van der Waals surface area contributed by atoms with Gasteiger partial charge in [0.25, 0.3) is 0 Å². The van der Waals surface area contributed by atoms with Gasteiger partial charge < -0.3 is 34.3 Å². The minimum absolute atomic E-state index is 0.0203. The molecule has 0 aliphatic carbocycles. The van der Waals surface area contributed by atoms with Crippen molar-refractivity contribution >= 4 is 16.4 Å². The van der Waals surface area contributed by atoms with Crippen molar-refractivity contribution in [2.45, 2.75) is 218 Å². The van der Waals surface area contributed by atoms with Crippen LogP contribution in [0.15, 0.2) is 72.9 Å². The normalized spacial score (nSPS) is 20.4. The fourth-order valence-corrected chi connectivity index (χ4v) is 7.61. The first kappa shape index (κ1) is 59.6. The van der Waals surface area contributed by atoms with Gasteiger partial charge in [-0.3, -0.25) is 9.35 Å². The molecular weight excluding hydrogens is 837 g/mol. The van der Waals surface area contributed by atoms with E-state index in [2.05, 4.69) is 90.9 Å². The Morgan fingerprint density at radius 2 is 1.08 bits per heavy atom. The average Bonchev–Trinajstić information content (AvgIpc) is 3.27. The lowest BCUT2D eigenvalue weighted by atomic mass is 9.99. The second-order valence-electron chi connectivity index (χ2n) is 16.7. The molecule has 64 heavy (non-hydrogen) atoms. The Hall–Kier alpha value is -2.46. The molecule has 1 saturated heterocycles. The highest BCUT2D eigenvalue weighted by Crippen LogP contribution is 2.26. The van der Waals surface area contributed by atoms with Gasteiger partial charge in [-0.05, 0) is 83.5 Å². The molecule has 1 rings (SSSR count). The molecule has 6 atom stereocenters. The van der Waals surface area contributed by atoms with Crippen molar-refractivity contribution in [1.82, 2.24) is 0 Å². The summed E-state index contributed by atoms with van der Waals surface area (Å²) in [5.41, 5.74) is 0. The molecule has 0 aromatic rings. The van der Waals surface area contributed by atoms with Crippen LogP contribution in [0.1, 0.15) is 181 Å². The van der Waals surface area contributed by atoms with Crippen LogP contribution in [0.25, 0.3) is 0 Å². The lowest BCUT2D eigenvalue weighted by molar-refractivity contribution is -0.301. The second-order valence-corrected chi connectivity index (χ2v) is 17.7. The van der Waals surface area contributed by atoms with Crippen LogP contribution in [-0.2, 0) is 38.3 Å². The third-order valence-electron chi connectivity index (χ3n) is 10.8. The zero-order valence-electron chi connectivity index (χ0n) is 39.6. The monoisotopic (exact) mass is 925 g/mol. The number of aliphatic hydroxyl groups is 3. The summed E-state index contributed by atoms with van der Waals surface area (Å²) in [7, 11) is -5.07. The van der Waals surface area contributed by atoms with Crippen LogP contribution in [0.4, 0.5) is 0 Å². The maximum Gasteiger partial charge on any atom is 0.397 e. The van der Waals surface area contributed by atoms with Crippen molar-refractivity contribution in [3.05, 3.63) is 72.9 Å². The van der Waals surface area contributed by atoms with Crippen LogP contribution < -0.4 is 0 Å². The van der Waals surface area contributed by atoms with E-state index in [0.717, 1.165) is 89.9 Å². The Kier molecular flexibility index (Phi) is 39.0. The highest BCUT2D eigenvalue weighted by Gasteiger charge is 2.48. The van der Waals surface area contributed by atoms with E-state index in [4.69, 9.17) is 18.9 Å². The van der Waals surface area contributed by atoms with Gasteiger partial charge in [-0.25, -0.2) is 4.18 Å². The molecule has 0 bridgehead atoms. The summed E-state index contributed by atoms with van der Waals surface area (Å²) in [6, 6.07) is 0. The SMILES string of the molecule is CC/C=C\C/C=C\C/C=C\C/C=C\C/C=C\CCCCCCCC(=O)OC(COCCCCCCCC/C=C\CCCCCCCC)COC1OC(CO)C(O)C(OS(=O)(=O)O)C1O. The number of allylic oxidation sites excluding steroid dienone is 12. The Labute approximate surface area is 388 Å². The van der Waals surface area contributed by atoms with Gasteiger partial charge in [0, 0.05) is 13.0 Å². The lowest BCUT2D eigenvalue weighted by Crippen LogP contribution is -2.60. The molecule has 1 aliphatic rings. The molecule has 12 nitrogen and oxygen atoms in total. The summed E-state index contributed by atoms with van der Waals surface area (Å²) >= 11 is 0. The maximum atomic E-state index is 12.9. The third kappa shape index (κ3) is 34.8. The molecular formula is C51H88O12S. The van der Waals surface area contributed by atoms with Crippen molar-refractivity contribution < 1.29 is 56.2 Å². The van der Waals surface area contributed by atoms with E-state index in [9.17, 15) is 33.1 Å². The predicted molar refractivity (Wildman–Crippen MR) is 257 cm³/mol. The standard InChI is InChI=1S/C51H88O12S/c1-3-5-7-9-11-13-15-17-19-21-22-23-24-25-26-28-30-32-34-36-38-40-47(53)61-45(44-60-51-49(55)50(63-64(56,57)58)48(54)46(42-52)62-51)43-59-41-39-37-35-33-31-29-27-20-18-16-14-12-10-8-6-4-2/h5,7,11,13,17-20,22-23,25-26,45-46,48-52,54-55H,3-4,6,8-10,12,14-16,21,24,27-44H2,1-2H3,(H,56,57,58)/b7-5-,13-11-,19-17-,20-18-,23-22-,26-25-. The zero-order chi connectivity index (χ0) is 46.8. The van der Waals surface area contributed by atoms with Gasteiger partial charge in [-0.2, -0.15) is 8.42 Å². The number of hydrogen-bond donors (Lipinski definition) is 4. The Morgan fingerprint density at radius 1 is 0.609 bits per heavy atom. The maximum absolute atomic E-state index is 12.9. The summed E-state index contributed by atoms with van der Waals surface area (Å²) < 4.78 is 59.2. The van der Waals surface area contributed by atoms with Gasteiger partial charge in [-0.15, -0.1) is 0 Å². The topological polar surface area (TPSA) is 178 Å². The van der Waals surface area contributed by atoms with Crippen LogP contribution in [0.5, 0.6) is 0 Å². The first-order valence-corrected chi connectivity index (χ1v) is 26.1. The second kappa shape index (κ2) is 41.9. The van der Waals surface area contributed by atoms with E-state index in [1.807, 2.05) is 0 Å². The molecule has 1 fully saturated rings. The zero-order valence-corrected chi connectivity index (χ0v) is 40.4. The Bertz CT molecular complexity index is 1390. The number of rotatable bonds is 42. The fourth-order valence-electron chi connectivity index (χ4n) is 7.10. The van der Waals surface area contributed by atoms with Crippen LogP contribution in [-0.4, -0.2) is 97.5 Å². The first-order chi connectivity index (χ1) is 31.1. The van der Waals surface area contributed by atoms with Crippen molar-refractivity contribution in [2.75, 3.05) is 26.4 Å². The number of aliphatic hydroxyl groups excluding tert-OH is 3. The van der Waals surface area contributed by atoms with Crippen LogP contribution in [0.2, 0.25) is 0 Å². The molecule has 6 unspecified atom stereocenters. The highest BCUT2D eigenvalue weighted by atomic mass is 32.3. The van der Waals surface area contributed by atoms with Gasteiger partial charge in [0.1, 0.15) is 30.5 Å². The van der Waals surface area contributed by atoms with E-state index in [-0.39, 0.29) is 19.6 Å². The Balaban J connectivity index is 2.41. The van der Waals surface area contributed by atoms with Crippen molar-refractivity contribution in [2.24, 2.45) is 0 Å². The highest BCUT2D eigenvalue weighted by molar-refractivity contribution is 7.80. The van der Waals surface area contributed by atoms with E-state index in [1.54, 1.807) is 0 Å². The molecule has 1 heterocycles. The minimum atomic E-state index is -5.07. The largest absolute Gasteiger partial charge is 0.457 e. The molecule has 0 saturated carbocycles. The summed E-state index contributed by atoms with van der Waals surface area (Å²) in [5.74, 6) is -0.422. The molecule has 0 spiro atoms. The van der Waals surface area contributed by atoms with Crippen molar-refractivity contribution in [3.63, 3.8) is 0 Å². The van der Waals surface area contributed by atoms with E-state index in [1.165, 1.54) is 64.2 Å². The smallest absolute Gasteiger partial charge is 0.397 e. The molecule has 0 aromatic heterocycles. The molecule has 370 valence electrons. The molecule has 4 N–H and O–H groups in total. The molecule has 0 aromatic carbocycles. The third-order valence-corrected chi connectivity index (χ3v) is 11.3. The first-order valence-electron chi connectivity index (χ1n) is 24.7. The lowest BCUT2D eigenvalue weighted by Gasteiger charge is -2.41. The average molecular weight is 925 g/mol. The Morgan fingerprint density at radius 3 is 1.59 bits per heavy atom. The number of ether oxygens (including phenoxy) is 4. The van der Waals surface area contributed by atoms with Gasteiger partial charge in [0.05, 0.1) is 19.8 Å². The van der Waals surface area contributed by atoms with Gasteiger partial charge in [-0.1, -0.05) is 164 Å². The minimum Gasteiger partial charge on any atom is -0.457 e. The van der Waals surface area contributed by atoms with Crippen LogP contribution in [0, 0.1) is 0 Å². The van der Waals surface area contributed by atoms with Crippen LogP contribution >= 0.6 is 0 Å². The number of hydrogen-bond acceptors (Lipinski definition) is 11. The summed E-state index contributed by atoms with van der Waals surface area (Å²) in [6.45, 7) is 3.83. The molecule has 0 amide bonds. The summed E-state index contributed by atoms with van der Waals surface area (Å²) in [5, 5.41) is 30.7. The number of unbranched alkanes of at least 4 members (excludes halogenated alkanes) is 17. The van der Waals surface area contributed by atoms with Crippen molar-refractivity contribution in [1.29, 1.82) is 0 Å². The fraction of sp³-hybridized carbons (Fsp3) is 0.745. The van der Waals surface area contributed by atoms with E-state index < -0.39 is 59.8 Å². The van der Waals surface area contributed by atoms with Gasteiger partial charge in [0.2, 0.25) is 0 Å². The molecule has 13 heteroatoms. The number of carbonyl (C=O) groups is 1. The van der Waals surface area contributed by atoms with Gasteiger partial charge >= 0.3 is 16.4 Å². The number of carbonyl (C=O) groups excluding carboxylic acids is 1. The number of esters is 1.